The second-order valence-corrected chi connectivity index (χ2v) is 12.8. The van der Waals surface area contributed by atoms with Crippen molar-refractivity contribution in [2.75, 3.05) is 53.0 Å². The molecule has 2 N–H and O–H groups in total. The third-order valence-corrected chi connectivity index (χ3v) is 8.44. The maximum atomic E-state index is 13.4. The highest BCUT2D eigenvalue weighted by Crippen LogP contribution is 2.29. The van der Waals surface area contributed by atoms with E-state index in [9.17, 15) is 23.2 Å². The van der Waals surface area contributed by atoms with Gasteiger partial charge in [-0.3, -0.25) is 14.9 Å². The van der Waals surface area contributed by atoms with Crippen molar-refractivity contribution in [1.82, 2.24) is 19.6 Å². The third-order valence-electron chi connectivity index (χ3n) is 6.61. The molecule has 1 atom stereocenters. The fourth-order valence-electron chi connectivity index (χ4n) is 4.31. The molecular weight excluding hydrogens is 576 g/mol. The SMILES string of the molecule is CC#CCOc1ccc(S(=O)(=O)N(C)C(C(=O)NO)c2ccc(OCCN3CCN(C(=O)OC(C)(C)C)CC3)cc2)cc1. The van der Waals surface area contributed by atoms with Gasteiger partial charge in [0, 0.05) is 39.8 Å². The molecule has 0 aliphatic carbocycles. The number of ether oxygens (including phenoxy) is 3. The molecule has 12 nitrogen and oxygen atoms in total. The molecule has 1 unspecified atom stereocenters. The Morgan fingerprint density at radius 3 is 2.14 bits per heavy atom. The van der Waals surface area contributed by atoms with Crippen molar-refractivity contribution in [3.05, 3.63) is 54.1 Å². The molecule has 43 heavy (non-hydrogen) atoms. The van der Waals surface area contributed by atoms with E-state index in [0.717, 1.165) is 4.31 Å². The number of piperazine rings is 1. The lowest BCUT2D eigenvalue weighted by Crippen LogP contribution is -2.50. The average molecular weight is 617 g/mol. The van der Waals surface area contributed by atoms with Crippen LogP contribution in [0.1, 0.15) is 39.3 Å². The molecule has 2 aromatic carbocycles. The standard InChI is InChI=1S/C30H40N4O8S/c1-6-7-21-40-25-12-14-26(15-13-25)43(38,39)32(5)27(28(35)31-37)23-8-10-24(11-9-23)41-22-20-33-16-18-34(19-17-33)29(36)42-30(2,3)4/h8-15,27,37H,16-22H2,1-5H3,(H,31,35). The van der Waals surface area contributed by atoms with Crippen LogP contribution in [0.5, 0.6) is 11.5 Å². The maximum absolute atomic E-state index is 13.4. The number of benzene rings is 2. The van der Waals surface area contributed by atoms with E-state index < -0.39 is 27.6 Å². The normalized spacial score (nSPS) is 14.8. The number of sulfonamides is 1. The van der Waals surface area contributed by atoms with E-state index in [1.54, 1.807) is 41.6 Å². The summed E-state index contributed by atoms with van der Waals surface area (Å²) >= 11 is 0. The van der Waals surface area contributed by atoms with Crippen LogP contribution < -0.4 is 15.0 Å². The molecule has 0 aromatic heterocycles. The summed E-state index contributed by atoms with van der Waals surface area (Å²) in [5.74, 6) is 5.54. The number of rotatable bonds is 11. The molecule has 0 spiro atoms. The molecule has 13 heteroatoms. The predicted octanol–water partition coefficient (Wildman–Crippen LogP) is 2.89. The topological polar surface area (TPSA) is 138 Å². The fourth-order valence-corrected chi connectivity index (χ4v) is 5.62. The largest absolute Gasteiger partial charge is 0.492 e. The molecule has 2 amide bonds. The van der Waals surface area contributed by atoms with Gasteiger partial charge in [-0.2, -0.15) is 4.31 Å². The number of carbonyl (C=O) groups is 2. The molecule has 1 aliphatic heterocycles. The van der Waals surface area contributed by atoms with Crippen molar-refractivity contribution in [2.45, 2.75) is 44.2 Å². The first-order chi connectivity index (χ1) is 20.4. The highest BCUT2D eigenvalue weighted by Gasteiger charge is 2.34. The highest BCUT2D eigenvalue weighted by atomic mass is 32.2. The van der Waals surface area contributed by atoms with Crippen molar-refractivity contribution < 1.29 is 37.4 Å². The van der Waals surface area contributed by atoms with Crippen LogP contribution in [0.15, 0.2) is 53.4 Å². The molecule has 234 valence electrons. The monoisotopic (exact) mass is 616 g/mol. The van der Waals surface area contributed by atoms with Gasteiger partial charge in [-0.15, -0.1) is 5.92 Å². The minimum atomic E-state index is -4.13. The molecule has 0 bridgehead atoms. The Labute approximate surface area is 253 Å². The number of carbonyl (C=O) groups excluding carboxylic acids is 2. The van der Waals surface area contributed by atoms with Gasteiger partial charge in [-0.05, 0) is 69.7 Å². The Morgan fingerprint density at radius 2 is 1.58 bits per heavy atom. The zero-order valence-corrected chi connectivity index (χ0v) is 26.0. The summed E-state index contributed by atoms with van der Waals surface area (Å²) in [7, 11) is -2.86. The number of nitrogens with one attached hydrogen (secondary N) is 1. The van der Waals surface area contributed by atoms with Crippen LogP contribution >= 0.6 is 0 Å². The lowest BCUT2D eigenvalue weighted by molar-refractivity contribution is -0.133. The number of amides is 2. The molecule has 1 fully saturated rings. The summed E-state index contributed by atoms with van der Waals surface area (Å²) in [4.78, 5) is 28.7. The van der Waals surface area contributed by atoms with Crippen LogP contribution in [0.2, 0.25) is 0 Å². The third kappa shape index (κ3) is 9.59. The molecule has 2 aromatic rings. The first kappa shape index (κ1) is 33.7. The van der Waals surface area contributed by atoms with Crippen molar-refractivity contribution in [3.8, 4) is 23.3 Å². The van der Waals surface area contributed by atoms with Gasteiger partial charge in [0.15, 0.2) is 0 Å². The summed E-state index contributed by atoms with van der Waals surface area (Å²) in [5.41, 5.74) is 1.37. The fraction of sp³-hybridized carbons (Fsp3) is 0.467. The smallest absolute Gasteiger partial charge is 0.410 e. The minimum Gasteiger partial charge on any atom is -0.492 e. The second kappa shape index (κ2) is 15.1. The van der Waals surface area contributed by atoms with Crippen LogP contribution in [-0.4, -0.2) is 98.3 Å². The number of hydrogen-bond acceptors (Lipinski definition) is 9. The van der Waals surface area contributed by atoms with Crippen LogP contribution in [0.3, 0.4) is 0 Å². The molecule has 0 radical (unpaired) electrons. The lowest BCUT2D eigenvalue weighted by Gasteiger charge is -2.35. The molecule has 1 saturated heterocycles. The number of hydrogen-bond donors (Lipinski definition) is 2. The average Bonchev–Trinajstić information content (AvgIpc) is 2.97. The molecule has 1 aliphatic rings. The number of nitrogens with zero attached hydrogens (tertiary/aromatic N) is 3. The van der Waals surface area contributed by atoms with Crippen molar-refractivity contribution in [1.29, 1.82) is 0 Å². The Bertz CT molecular complexity index is 1390. The van der Waals surface area contributed by atoms with Crippen LogP contribution in [-0.2, 0) is 19.6 Å². The molecule has 0 saturated carbocycles. The van der Waals surface area contributed by atoms with Crippen LogP contribution in [0.25, 0.3) is 0 Å². The number of hydroxylamine groups is 1. The van der Waals surface area contributed by atoms with Crippen molar-refractivity contribution in [3.63, 3.8) is 0 Å². The Morgan fingerprint density at radius 1 is 1.00 bits per heavy atom. The minimum absolute atomic E-state index is 0.0495. The molecule has 1 heterocycles. The summed E-state index contributed by atoms with van der Waals surface area (Å²) in [6.07, 6.45) is -0.309. The van der Waals surface area contributed by atoms with Crippen molar-refractivity contribution in [2.24, 2.45) is 0 Å². The van der Waals surface area contributed by atoms with Gasteiger partial charge in [0.1, 0.15) is 36.4 Å². The summed E-state index contributed by atoms with van der Waals surface area (Å²) in [6.45, 7) is 11.0. The predicted molar refractivity (Wildman–Crippen MR) is 159 cm³/mol. The van der Waals surface area contributed by atoms with Gasteiger partial charge in [-0.1, -0.05) is 18.1 Å². The van der Waals surface area contributed by atoms with Gasteiger partial charge in [0.2, 0.25) is 10.0 Å². The lowest BCUT2D eigenvalue weighted by atomic mass is 10.1. The first-order valence-corrected chi connectivity index (χ1v) is 15.3. The van der Waals surface area contributed by atoms with E-state index >= 15 is 0 Å². The highest BCUT2D eigenvalue weighted by molar-refractivity contribution is 7.89. The zero-order chi connectivity index (χ0) is 31.6. The summed E-state index contributed by atoms with van der Waals surface area (Å²) in [6, 6.07) is 10.8. The van der Waals surface area contributed by atoms with E-state index in [2.05, 4.69) is 16.7 Å². The van der Waals surface area contributed by atoms with Gasteiger partial charge < -0.3 is 19.1 Å². The second-order valence-electron chi connectivity index (χ2n) is 10.8. The zero-order valence-electron chi connectivity index (χ0n) is 25.2. The molecular formula is C30H40N4O8S. The first-order valence-electron chi connectivity index (χ1n) is 13.8. The molecule has 3 rings (SSSR count). The summed E-state index contributed by atoms with van der Waals surface area (Å²) in [5, 5.41) is 9.38. The van der Waals surface area contributed by atoms with E-state index in [1.807, 2.05) is 20.8 Å². The van der Waals surface area contributed by atoms with Gasteiger partial charge in [0.05, 0.1) is 4.90 Å². The van der Waals surface area contributed by atoms with Crippen molar-refractivity contribution >= 4 is 22.0 Å². The van der Waals surface area contributed by atoms with E-state index in [1.165, 1.54) is 31.3 Å². The van der Waals surface area contributed by atoms with Crippen LogP contribution in [0.4, 0.5) is 4.79 Å². The van der Waals surface area contributed by atoms with Gasteiger partial charge >= 0.3 is 6.09 Å². The van der Waals surface area contributed by atoms with E-state index in [4.69, 9.17) is 14.2 Å². The van der Waals surface area contributed by atoms with E-state index in [-0.39, 0.29) is 17.6 Å². The van der Waals surface area contributed by atoms with Gasteiger partial charge in [0.25, 0.3) is 5.91 Å². The van der Waals surface area contributed by atoms with Gasteiger partial charge in [-0.25, -0.2) is 18.7 Å². The van der Waals surface area contributed by atoms with Crippen LogP contribution in [0, 0.1) is 11.8 Å². The quantitative estimate of drug-likeness (QED) is 0.222. The Balaban J connectivity index is 1.58. The number of likely N-dealkylation sites (N-methyl/N-ethyl adjacent to an activating group) is 1. The summed E-state index contributed by atoms with van der Waals surface area (Å²) < 4.78 is 44.3. The Hall–Kier alpha value is -3.83. The van der Waals surface area contributed by atoms with E-state index in [0.29, 0.717) is 56.4 Å². The maximum Gasteiger partial charge on any atom is 0.410 e. The Kier molecular flexibility index (Phi) is 11.8.